The van der Waals surface area contributed by atoms with Gasteiger partial charge in [-0.2, -0.15) is 0 Å². The second-order valence-electron chi connectivity index (χ2n) is 6.34. The maximum absolute atomic E-state index is 12.9. The smallest absolute Gasteiger partial charge is 0.247 e. The molecule has 0 fully saturated rings. The Morgan fingerprint density at radius 2 is 1.72 bits per heavy atom. The molecule has 3 N–H and O–H groups in total. The predicted octanol–water partition coefficient (Wildman–Crippen LogP) is 3.17. The molecule has 0 saturated heterocycles. The first-order valence-corrected chi connectivity index (χ1v) is 8.24. The van der Waals surface area contributed by atoms with Crippen molar-refractivity contribution in [3.8, 4) is 0 Å². The molecule has 0 bridgehead atoms. The minimum atomic E-state index is -1.12. The summed E-state index contributed by atoms with van der Waals surface area (Å²) >= 11 is 0. The molecule has 2 rings (SSSR count). The van der Waals surface area contributed by atoms with Gasteiger partial charge in [0.25, 0.3) is 0 Å². The molecule has 1 amide bonds. The number of aliphatic hydroxyl groups excluding tert-OH is 1. The highest BCUT2D eigenvalue weighted by Crippen LogP contribution is 2.22. The van der Waals surface area contributed by atoms with Crippen molar-refractivity contribution in [3.63, 3.8) is 0 Å². The van der Waals surface area contributed by atoms with E-state index in [2.05, 4.69) is 0 Å². The van der Waals surface area contributed by atoms with E-state index in [0.717, 1.165) is 16.7 Å². The maximum Gasteiger partial charge on any atom is 0.247 e. The maximum atomic E-state index is 12.9. The molecule has 0 heterocycles. The van der Waals surface area contributed by atoms with Crippen LogP contribution in [-0.4, -0.2) is 29.0 Å². The first-order chi connectivity index (χ1) is 11.4. The van der Waals surface area contributed by atoms with Crippen molar-refractivity contribution in [2.75, 3.05) is 13.1 Å². The number of hydrogen-bond acceptors (Lipinski definition) is 3. The van der Waals surface area contributed by atoms with Crippen LogP contribution in [0, 0.1) is 6.92 Å². The summed E-state index contributed by atoms with van der Waals surface area (Å²) in [6.45, 7) is 6.31. The molecule has 0 radical (unpaired) electrons. The minimum Gasteiger partial charge on any atom is -0.387 e. The average molecular weight is 363 g/mol. The van der Waals surface area contributed by atoms with E-state index in [1.165, 1.54) is 0 Å². The average Bonchev–Trinajstić information content (AvgIpc) is 2.60. The molecule has 2 unspecified atom stereocenters. The summed E-state index contributed by atoms with van der Waals surface area (Å²) in [6, 6.07) is 17.0. The van der Waals surface area contributed by atoms with Gasteiger partial charge in [-0.05, 0) is 31.9 Å². The highest BCUT2D eigenvalue weighted by atomic mass is 35.5. The summed E-state index contributed by atoms with van der Waals surface area (Å²) < 4.78 is 0. The number of likely N-dealkylation sites (N-methyl/N-ethyl adjacent to an activating group) is 1. The molecule has 0 spiro atoms. The molecule has 0 aromatic heterocycles. The number of carbonyl (C=O) groups is 1. The van der Waals surface area contributed by atoms with Crippen LogP contribution in [0.4, 0.5) is 0 Å². The van der Waals surface area contributed by atoms with Gasteiger partial charge >= 0.3 is 0 Å². The first-order valence-electron chi connectivity index (χ1n) is 8.24. The van der Waals surface area contributed by atoms with E-state index in [-0.39, 0.29) is 24.9 Å². The Labute approximate surface area is 156 Å². The van der Waals surface area contributed by atoms with Gasteiger partial charge in [0.2, 0.25) is 5.91 Å². The number of nitrogens with two attached hydrogens (primary N) is 1. The summed E-state index contributed by atoms with van der Waals surface area (Å²) in [7, 11) is 0. The van der Waals surface area contributed by atoms with E-state index in [1.54, 1.807) is 11.8 Å². The molecule has 2 aromatic carbocycles. The van der Waals surface area contributed by atoms with Crippen LogP contribution in [0.1, 0.15) is 36.6 Å². The molecule has 2 aromatic rings. The third-order valence-electron chi connectivity index (χ3n) is 4.34. The van der Waals surface area contributed by atoms with Gasteiger partial charge in [-0.25, -0.2) is 0 Å². The number of aliphatic hydroxyl groups is 1. The largest absolute Gasteiger partial charge is 0.387 e. The number of nitrogens with zero attached hydrogens (tertiary/aromatic N) is 1. The van der Waals surface area contributed by atoms with Crippen LogP contribution in [0.25, 0.3) is 0 Å². The molecule has 0 aliphatic heterocycles. The lowest BCUT2D eigenvalue weighted by atomic mass is 9.91. The van der Waals surface area contributed by atoms with Crippen molar-refractivity contribution < 1.29 is 9.90 Å². The third-order valence-corrected chi connectivity index (χ3v) is 4.34. The Kier molecular flexibility index (Phi) is 7.61. The minimum absolute atomic E-state index is 0. The molecule has 4 nitrogen and oxygen atoms in total. The second kappa shape index (κ2) is 8.99. The lowest BCUT2D eigenvalue weighted by Gasteiger charge is -2.32. The van der Waals surface area contributed by atoms with Crippen molar-refractivity contribution in [1.29, 1.82) is 0 Å². The van der Waals surface area contributed by atoms with Gasteiger partial charge in [0.1, 0.15) is 5.54 Å². The van der Waals surface area contributed by atoms with E-state index < -0.39 is 11.6 Å². The van der Waals surface area contributed by atoms with Gasteiger partial charge in [0.05, 0.1) is 12.6 Å². The van der Waals surface area contributed by atoms with E-state index in [4.69, 9.17) is 5.73 Å². The van der Waals surface area contributed by atoms with Gasteiger partial charge in [0, 0.05) is 6.54 Å². The number of hydrogen-bond donors (Lipinski definition) is 2. The molecule has 0 aliphatic rings. The van der Waals surface area contributed by atoms with Crippen LogP contribution in [-0.2, 0) is 10.3 Å². The second-order valence-corrected chi connectivity index (χ2v) is 6.34. The number of halogens is 1. The summed E-state index contributed by atoms with van der Waals surface area (Å²) in [6.07, 6.45) is -0.735. The standard InChI is InChI=1S/C20H26N2O2.ClH/c1-4-22(14-18(23)16-12-10-15(2)11-13-16)19(24)20(3,21)17-8-6-5-7-9-17;/h5-13,18,23H,4,14,21H2,1-3H3;1H. The Bertz CT molecular complexity index is 672. The Balaban J connectivity index is 0.00000312. The Hall–Kier alpha value is -1.88. The van der Waals surface area contributed by atoms with Crippen LogP contribution >= 0.6 is 12.4 Å². The molecule has 0 aliphatic carbocycles. The fourth-order valence-electron chi connectivity index (χ4n) is 2.69. The fraction of sp³-hybridized carbons (Fsp3) is 0.350. The van der Waals surface area contributed by atoms with Crippen molar-refractivity contribution in [1.82, 2.24) is 4.90 Å². The Morgan fingerprint density at radius 3 is 2.24 bits per heavy atom. The van der Waals surface area contributed by atoms with Crippen molar-refractivity contribution in [3.05, 3.63) is 71.3 Å². The van der Waals surface area contributed by atoms with E-state index in [9.17, 15) is 9.90 Å². The fourth-order valence-corrected chi connectivity index (χ4v) is 2.69. The third kappa shape index (κ3) is 5.05. The molecular weight excluding hydrogens is 336 g/mol. The van der Waals surface area contributed by atoms with Gasteiger partial charge < -0.3 is 15.7 Å². The van der Waals surface area contributed by atoms with Crippen molar-refractivity contribution in [2.24, 2.45) is 5.73 Å². The van der Waals surface area contributed by atoms with Crippen molar-refractivity contribution >= 4 is 18.3 Å². The van der Waals surface area contributed by atoms with Gasteiger partial charge in [-0.3, -0.25) is 4.79 Å². The lowest BCUT2D eigenvalue weighted by Crippen LogP contribution is -2.51. The quantitative estimate of drug-likeness (QED) is 0.829. The normalized spacial score (nSPS) is 14.1. The van der Waals surface area contributed by atoms with Gasteiger partial charge in [0.15, 0.2) is 0 Å². The van der Waals surface area contributed by atoms with E-state index >= 15 is 0 Å². The zero-order chi connectivity index (χ0) is 17.7. The summed E-state index contributed by atoms with van der Waals surface area (Å²) in [5.41, 5.74) is 7.89. The summed E-state index contributed by atoms with van der Waals surface area (Å²) in [5, 5.41) is 10.5. The molecule has 5 heteroatoms. The highest BCUT2D eigenvalue weighted by molar-refractivity contribution is 5.87. The molecular formula is C20H27ClN2O2. The molecule has 25 heavy (non-hydrogen) atoms. The molecule has 2 atom stereocenters. The zero-order valence-electron chi connectivity index (χ0n) is 15.0. The number of carbonyl (C=O) groups excluding carboxylic acids is 1. The molecule has 136 valence electrons. The van der Waals surface area contributed by atoms with E-state index in [0.29, 0.717) is 6.54 Å². The van der Waals surface area contributed by atoms with Crippen LogP contribution < -0.4 is 5.73 Å². The van der Waals surface area contributed by atoms with E-state index in [1.807, 2.05) is 68.4 Å². The topological polar surface area (TPSA) is 66.6 Å². The highest BCUT2D eigenvalue weighted by Gasteiger charge is 2.34. The SMILES string of the molecule is CCN(CC(O)c1ccc(C)cc1)C(=O)C(C)(N)c1ccccc1.Cl. The predicted molar refractivity (Wildman–Crippen MR) is 104 cm³/mol. The lowest BCUT2D eigenvalue weighted by molar-refractivity contribution is -0.138. The number of rotatable bonds is 6. The van der Waals surface area contributed by atoms with Crippen LogP contribution in [0.5, 0.6) is 0 Å². The van der Waals surface area contributed by atoms with Gasteiger partial charge in [-0.1, -0.05) is 60.2 Å². The Morgan fingerprint density at radius 1 is 1.16 bits per heavy atom. The number of benzene rings is 2. The van der Waals surface area contributed by atoms with Gasteiger partial charge in [-0.15, -0.1) is 12.4 Å². The van der Waals surface area contributed by atoms with Crippen LogP contribution in [0.3, 0.4) is 0 Å². The number of amides is 1. The summed E-state index contributed by atoms with van der Waals surface area (Å²) in [4.78, 5) is 14.5. The van der Waals surface area contributed by atoms with Crippen molar-refractivity contribution in [2.45, 2.75) is 32.4 Å². The molecule has 0 saturated carbocycles. The van der Waals surface area contributed by atoms with Crippen LogP contribution in [0.2, 0.25) is 0 Å². The summed E-state index contributed by atoms with van der Waals surface area (Å²) in [5.74, 6) is -0.192. The zero-order valence-corrected chi connectivity index (χ0v) is 15.8. The first kappa shape index (κ1) is 21.2. The monoisotopic (exact) mass is 362 g/mol. The number of aryl methyl sites for hydroxylation is 1. The van der Waals surface area contributed by atoms with Crippen LogP contribution in [0.15, 0.2) is 54.6 Å².